The molecule has 0 atom stereocenters. The van der Waals surface area contributed by atoms with Gasteiger partial charge in [-0.25, -0.2) is 4.90 Å². The van der Waals surface area contributed by atoms with E-state index >= 15 is 0 Å². The Morgan fingerprint density at radius 2 is 1.23 bits per heavy atom. The standard InChI is InChI=1S/C29H27N2O3.ClH/c32-27-25-16-7-8-17-26(25)28(33)30(27)22-31(19-9-10-20-31)21-11-18-29(34,23-12-3-1-4-13-23)24-14-5-2-6-15-24;/h1-8,12-17,34H,9-10,19-22H2;1H/q+1;/p-1. The van der Waals surface area contributed by atoms with Crippen molar-refractivity contribution in [3.05, 3.63) is 107 Å². The number of hydrogen-bond acceptors (Lipinski definition) is 3. The van der Waals surface area contributed by atoms with E-state index < -0.39 is 5.60 Å². The zero-order chi connectivity index (χ0) is 23.6. The van der Waals surface area contributed by atoms with Crippen LogP contribution in [-0.2, 0) is 5.60 Å². The summed E-state index contributed by atoms with van der Waals surface area (Å²) in [5, 5.41) is 11.7. The third kappa shape index (κ3) is 4.61. The summed E-state index contributed by atoms with van der Waals surface area (Å²) in [4.78, 5) is 27.3. The van der Waals surface area contributed by atoms with Gasteiger partial charge in [0.25, 0.3) is 11.8 Å². The van der Waals surface area contributed by atoms with Crippen molar-refractivity contribution in [3.8, 4) is 11.8 Å². The van der Waals surface area contributed by atoms with Crippen LogP contribution in [0.25, 0.3) is 0 Å². The van der Waals surface area contributed by atoms with Gasteiger partial charge in [-0.05, 0) is 18.1 Å². The number of aliphatic hydroxyl groups is 1. The summed E-state index contributed by atoms with van der Waals surface area (Å²) in [5.41, 5.74) is 0.919. The Labute approximate surface area is 212 Å². The predicted molar refractivity (Wildman–Crippen MR) is 130 cm³/mol. The average Bonchev–Trinajstić information content (AvgIpc) is 3.44. The maximum absolute atomic E-state index is 13.0. The van der Waals surface area contributed by atoms with Gasteiger partial charge in [-0.1, -0.05) is 78.7 Å². The number of amides is 2. The molecule has 3 aromatic carbocycles. The van der Waals surface area contributed by atoms with Crippen LogP contribution in [0.15, 0.2) is 84.9 Å². The highest BCUT2D eigenvalue weighted by molar-refractivity contribution is 6.21. The van der Waals surface area contributed by atoms with E-state index in [9.17, 15) is 14.7 Å². The van der Waals surface area contributed by atoms with Gasteiger partial charge < -0.3 is 17.5 Å². The van der Waals surface area contributed by atoms with E-state index in [1.165, 1.54) is 4.90 Å². The molecule has 0 radical (unpaired) electrons. The van der Waals surface area contributed by atoms with Gasteiger partial charge in [-0.2, -0.15) is 0 Å². The molecular weight excluding hydrogens is 460 g/mol. The van der Waals surface area contributed by atoms with Crippen molar-refractivity contribution in [2.24, 2.45) is 0 Å². The molecule has 2 amide bonds. The van der Waals surface area contributed by atoms with Crippen molar-refractivity contribution in [2.45, 2.75) is 18.4 Å². The molecule has 2 aliphatic rings. The highest BCUT2D eigenvalue weighted by atomic mass is 35.5. The lowest BCUT2D eigenvalue weighted by atomic mass is 9.87. The molecule has 0 spiro atoms. The molecule has 1 N–H and O–H groups in total. The van der Waals surface area contributed by atoms with Gasteiger partial charge in [0.05, 0.1) is 24.2 Å². The topological polar surface area (TPSA) is 57.6 Å². The Morgan fingerprint density at radius 3 is 1.71 bits per heavy atom. The third-order valence-electron chi connectivity index (χ3n) is 6.90. The number of nitrogens with zero attached hydrogens (tertiary/aromatic N) is 2. The molecule has 1 saturated heterocycles. The number of imide groups is 1. The minimum Gasteiger partial charge on any atom is -1.00 e. The molecule has 5 rings (SSSR count). The van der Waals surface area contributed by atoms with Crippen LogP contribution >= 0.6 is 0 Å². The summed E-state index contributed by atoms with van der Waals surface area (Å²) in [7, 11) is 0. The van der Waals surface area contributed by atoms with Crippen LogP contribution < -0.4 is 12.4 Å². The third-order valence-corrected chi connectivity index (χ3v) is 6.90. The maximum Gasteiger partial charge on any atom is 0.265 e. The summed E-state index contributed by atoms with van der Waals surface area (Å²) in [6.45, 7) is 2.44. The van der Waals surface area contributed by atoms with Crippen LogP contribution in [0.5, 0.6) is 0 Å². The van der Waals surface area contributed by atoms with E-state index in [1.807, 2.05) is 60.7 Å². The Kier molecular flexibility index (Phi) is 7.09. The maximum atomic E-state index is 13.0. The van der Waals surface area contributed by atoms with Crippen molar-refractivity contribution in [1.29, 1.82) is 0 Å². The van der Waals surface area contributed by atoms with E-state index in [1.54, 1.807) is 24.3 Å². The summed E-state index contributed by atoms with van der Waals surface area (Å²) in [6, 6.07) is 25.9. The molecule has 178 valence electrons. The number of rotatable bonds is 5. The smallest absolute Gasteiger partial charge is 0.265 e. The molecule has 0 unspecified atom stereocenters. The first-order valence-corrected chi connectivity index (χ1v) is 11.7. The van der Waals surface area contributed by atoms with Gasteiger partial charge in [-0.3, -0.25) is 14.1 Å². The van der Waals surface area contributed by atoms with Gasteiger partial charge in [-0.15, -0.1) is 0 Å². The van der Waals surface area contributed by atoms with Crippen molar-refractivity contribution in [3.63, 3.8) is 0 Å². The van der Waals surface area contributed by atoms with Crippen molar-refractivity contribution in [2.75, 3.05) is 26.3 Å². The Balaban J connectivity index is 0.00000289. The molecule has 6 heteroatoms. The molecule has 0 aliphatic carbocycles. The summed E-state index contributed by atoms with van der Waals surface area (Å²) >= 11 is 0. The average molecular weight is 487 g/mol. The number of fused-ring (bicyclic) bond motifs is 1. The van der Waals surface area contributed by atoms with Crippen LogP contribution in [0.2, 0.25) is 0 Å². The molecule has 0 aromatic heterocycles. The Hall–Kier alpha value is -3.43. The molecule has 2 aliphatic heterocycles. The summed E-state index contributed by atoms with van der Waals surface area (Å²) in [6.07, 6.45) is 2.04. The Morgan fingerprint density at radius 1 is 0.771 bits per heavy atom. The number of halogens is 1. The first-order valence-electron chi connectivity index (χ1n) is 11.7. The van der Waals surface area contributed by atoms with Crippen LogP contribution in [0.4, 0.5) is 0 Å². The van der Waals surface area contributed by atoms with Gasteiger partial charge in [0.15, 0.2) is 12.3 Å². The second-order valence-electron chi connectivity index (χ2n) is 9.12. The highest BCUT2D eigenvalue weighted by Crippen LogP contribution is 2.30. The lowest BCUT2D eigenvalue weighted by Gasteiger charge is -2.35. The van der Waals surface area contributed by atoms with E-state index in [4.69, 9.17) is 0 Å². The molecule has 0 bridgehead atoms. The van der Waals surface area contributed by atoms with Crippen molar-refractivity contribution in [1.82, 2.24) is 4.90 Å². The zero-order valence-corrected chi connectivity index (χ0v) is 20.1. The normalized spacial score (nSPS) is 16.3. The van der Waals surface area contributed by atoms with E-state index in [-0.39, 0.29) is 24.2 Å². The molecule has 5 nitrogen and oxygen atoms in total. The minimum absolute atomic E-state index is 0. The second kappa shape index (κ2) is 10.1. The Bertz CT molecular complexity index is 1200. The van der Waals surface area contributed by atoms with Crippen molar-refractivity contribution >= 4 is 11.8 Å². The molecule has 1 fully saturated rings. The van der Waals surface area contributed by atoms with Crippen LogP contribution in [0.3, 0.4) is 0 Å². The minimum atomic E-state index is -1.44. The molecular formula is C29H27ClN2O3. The summed E-state index contributed by atoms with van der Waals surface area (Å²) in [5.74, 6) is 5.93. The van der Waals surface area contributed by atoms with E-state index in [0.29, 0.717) is 40.0 Å². The van der Waals surface area contributed by atoms with Crippen LogP contribution in [0, 0.1) is 11.8 Å². The van der Waals surface area contributed by atoms with E-state index in [0.717, 1.165) is 25.9 Å². The van der Waals surface area contributed by atoms with Gasteiger partial charge in [0.1, 0.15) is 6.54 Å². The quantitative estimate of drug-likeness (QED) is 0.330. The SMILES string of the molecule is O=C1c2ccccc2C(=O)N1C[N+]1(CC#CC(O)(c2ccccc2)c2ccccc2)CCCC1.[Cl-]. The highest BCUT2D eigenvalue weighted by Gasteiger charge is 2.42. The fourth-order valence-electron chi connectivity index (χ4n) is 5.03. The van der Waals surface area contributed by atoms with Gasteiger partial charge in [0, 0.05) is 24.0 Å². The fourth-order valence-corrected chi connectivity index (χ4v) is 5.03. The number of likely N-dealkylation sites (tertiary alicyclic amines) is 1. The molecule has 3 aromatic rings. The first-order chi connectivity index (χ1) is 16.5. The second-order valence-corrected chi connectivity index (χ2v) is 9.12. The predicted octanol–water partition coefficient (Wildman–Crippen LogP) is 0.794. The molecule has 0 saturated carbocycles. The number of benzene rings is 3. The number of carbonyl (C=O) groups excluding carboxylic acids is 2. The number of carbonyl (C=O) groups is 2. The molecule has 2 heterocycles. The largest absolute Gasteiger partial charge is 1.00 e. The fraction of sp³-hybridized carbons (Fsp3) is 0.241. The first kappa shape index (κ1) is 24.7. The van der Waals surface area contributed by atoms with Crippen LogP contribution in [0.1, 0.15) is 44.7 Å². The van der Waals surface area contributed by atoms with Gasteiger partial charge >= 0.3 is 0 Å². The van der Waals surface area contributed by atoms with E-state index in [2.05, 4.69) is 11.8 Å². The van der Waals surface area contributed by atoms with Gasteiger partial charge in [0.2, 0.25) is 0 Å². The lowest BCUT2D eigenvalue weighted by Crippen LogP contribution is -3.00. The van der Waals surface area contributed by atoms with Crippen LogP contribution in [-0.4, -0.2) is 52.6 Å². The summed E-state index contributed by atoms with van der Waals surface area (Å²) < 4.78 is 0.540. The molecule has 35 heavy (non-hydrogen) atoms. The zero-order valence-electron chi connectivity index (χ0n) is 19.4. The monoisotopic (exact) mass is 486 g/mol. The number of quaternary nitrogens is 1. The lowest BCUT2D eigenvalue weighted by molar-refractivity contribution is -0.916. The number of hydrogen-bond donors (Lipinski definition) is 1. The van der Waals surface area contributed by atoms with Crippen molar-refractivity contribution < 1.29 is 31.6 Å².